The summed E-state index contributed by atoms with van der Waals surface area (Å²) in [6.45, 7) is 4.14. The van der Waals surface area contributed by atoms with Gasteiger partial charge in [-0.2, -0.15) is 0 Å². The van der Waals surface area contributed by atoms with Gasteiger partial charge in [0.15, 0.2) is 5.96 Å². The second-order valence-electron chi connectivity index (χ2n) is 8.11. The summed E-state index contributed by atoms with van der Waals surface area (Å²) in [4.78, 5) is 71.2. The first-order valence-corrected chi connectivity index (χ1v) is 11.1. The molecule has 0 aromatic carbocycles. The maximum Gasteiger partial charge on any atom is 0.325 e. The Labute approximate surface area is 207 Å². The highest BCUT2D eigenvalue weighted by Gasteiger charge is 2.28. The van der Waals surface area contributed by atoms with Gasteiger partial charge in [0.1, 0.15) is 24.2 Å². The molecule has 0 heterocycles. The Hall–Kier alpha value is -3.95. The van der Waals surface area contributed by atoms with Crippen molar-refractivity contribution in [3.8, 4) is 0 Å². The normalized spacial score (nSPS) is 14.7. The summed E-state index contributed by atoms with van der Waals surface area (Å²) >= 11 is 0. The van der Waals surface area contributed by atoms with Crippen LogP contribution >= 0.6 is 0 Å². The molecule has 0 aliphatic heterocycles. The average molecular weight is 517 g/mol. The van der Waals surface area contributed by atoms with Crippen molar-refractivity contribution in [2.75, 3.05) is 6.54 Å². The zero-order valence-electron chi connectivity index (χ0n) is 20.4. The SMILES string of the molecule is C[C@H](NC(=O)[C@H](C)NC(=O)[C@H](CCCNC(=N)N)NC(=O)[C@H](C)NC(=O)[C@@H](N)CCC(=O)O)C(=O)O. The molecule has 5 atom stereocenters. The van der Waals surface area contributed by atoms with Crippen LogP contribution in [0.4, 0.5) is 0 Å². The van der Waals surface area contributed by atoms with Gasteiger partial charge in [-0.25, -0.2) is 0 Å². The number of carboxylic acids is 2. The number of carbonyl (C=O) groups excluding carboxylic acids is 4. The summed E-state index contributed by atoms with van der Waals surface area (Å²) in [5.41, 5.74) is 10.8. The molecule has 16 nitrogen and oxygen atoms in total. The number of hydrogen-bond acceptors (Lipinski definition) is 8. The van der Waals surface area contributed by atoms with Gasteiger partial charge in [-0.15, -0.1) is 0 Å². The fourth-order valence-electron chi connectivity index (χ4n) is 2.67. The fraction of sp³-hybridized carbons (Fsp3) is 0.650. The average Bonchev–Trinajstić information content (AvgIpc) is 2.78. The van der Waals surface area contributed by atoms with Crippen molar-refractivity contribution in [2.24, 2.45) is 11.5 Å². The summed E-state index contributed by atoms with van der Waals surface area (Å²) in [6.07, 6.45) is -0.112. The number of amides is 4. The van der Waals surface area contributed by atoms with Crippen molar-refractivity contribution in [2.45, 2.75) is 76.7 Å². The number of carboxylic acid groups (broad SMARTS) is 2. The van der Waals surface area contributed by atoms with Crippen LogP contribution in [0.1, 0.15) is 46.5 Å². The molecule has 0 fully saturated rings. The van der Waals surface area contributed by atoms with E-state index in [1.807, 2.05) is 0 Å². The Morgan fingerprint density at radius 3 is 1.78 bits per heavy atom. The number of guanidine groups is 1. The summed E-state index contributed by atoms with van der Waals surface area (Å²) in [6, 6.07) is -5.75. The quantitative estimate of drug-likeness (QED) is 0.0546. The highest BCUT2D eigenvalue weighted by atomic mass is 16.4. The first-order valence-electron chi connectivity index (χ1n) is 11.1. The molecule has 0 spiro atoms. The number of nitrogens with one attached hydrogen (secondary N) is 6. The topological polar surface area (TPSA) is 279 Å². The van der Waals surface area contributed by atoms with Gasteiger partial charge >= 0.3 is 11.9 Å². The molecule has 0 bridgehead atoms. The van der Waals surface area contributed by atoms with E-state index in [4.69, 9.17) is 27.1 Å². The van der Waals surface area contributed by atoms with E-state index < -0.39 is 65.8 Å². The number of aliphatic carboxylic acids is 2. The van der Waals surface area contributed by atoms with Gasteiger partial charge in [-0.1, -0.05) is 0 Å². The number of carbonyl (C=O) groups is 6. The van der Waals surface area contributed by atoms with Crippen LogP contribution in [0.15, 0.2) is 0 Å². The van der Waals surface area contributed by atoms with E-state index >= 15 is 0 Å². The van der Waals surface area contributed by atoms with Crippen LogP contribution in [0.3, 0.4) is 0 Å². The molecular formula is C20H36N8O8. The van der Waals surface area contributed by atoms with Crippen molar-refractivity contribution in [3.05, 3.63) is 0 Å². The van der Waals surface area contributed by atoms with Gasteiger partial charge in [0.25, 0.3) is 0 Å². The summed E-state index contributed by atoms with van der Waals surface area (Å²) in [5, 5.41) is 36.7. The number of rotatable bonds is 16. The van der Waals surface area contributed by atoms with E-state index in [9.17, 15) is 28.8 Å². The zero-order valence-corrected chi connectivity index (χ0v) is 20.4. The summed E-state index contributed by atoms with van der Waals surface area (Å²) in [5.74, 6) is -5.66. The second-order valence-corrected chi connectivity index (χ2v) is 8.11. The molecule has 0 saturated carbocycles. The minimum absolute atomic E-state index is 0.0660. The van der Waals surface area contributed by atoms with Crippen molar-refractivity contribution >= 4 is 41.5 Å². The van der Waals surface area contributed by atoms with E-state index in [1.165, 1.54) is 20.8 Å². The van der Waals surface area contributed by atoms with Gasteiger partial charge in [0, 0.05) is 13.0 Å². The molecule has 204 valence electrons. The van der Waals surface area contributed by atoms with Crippen molar-refractivity contribution in [1.29, 1.82) is 5.41 Å². The summed E-state index contributed by atoms with van der Waals surface area (Å²) in [7, 11) is 0. The van der Waals surface area contributed by atoms with E-state index in [1.54, 1.807) is 0 Å². The third-order valence-corrected chi connectivity index (χ3v) is 4.86. The van der Waals surface area contributed by atoms with Crippen LogP contribution in [0.5, 0.6) is 0 Å². The van der Waals surface area contributed by atoms with Crippen molar-refractivity contribution in [3.63, 3.8) is 0 Å². The monoisotopic (exact) mass is 516 g/mol. The van der Waals surface area contributed by atoms with Crippen LogP contribution in [0, 0.1) is 5.41 Å². The molecule has 0 aliphatic rings. The Morgan fingerprint density at radius 1 is 0.778 bits per heavy atom. The molecule has 0 rings (SSSR count). The van der Waals surface area contributed by atoms with E-state index in [-0.39, 0.29) is 38.2 Å². The van der Waals surface area contributed by atoms with Crippen LogP contribution in [0.25, 0.3) is 0 Å². The fourth-order valence-corrected chi connectivity index (χ4v) is 2.67. The van der Waals surface area contributed by atoms with Crippen molar-refractivity contribution < 1.29 is 39.0 Å². The van der Waals surface area contributed by atoms with Crippen LogP contribution in [-0.2, 0) is 28.8 Å². The third kappa shape index (κ3) is 13.1. The molecule has 4 amide bonds. The Bertz CT molecular complexity index is 837. The van der Waals surface area contributed by atoms with Crippen LogP contribution < -0.4 is 38.1 Å². The maximum atomic E-state index is 12.8. The van der Waals surface area contributed by atoms with Crippen molar-refractivity contribution in [1.82, 2.24) is 26.6 Å². The maximum absolute atomic E-state index is 12.8. The Balaban J connectivity index is 5.17. The van der Waals surface area contributed by atoms with E-state index in [0.29, 0.717) is 0 Å². The lowest BCUT2D eigenvalue weighted by Crippen LogP contribution is -2.57. The lowest BCUT2D eigenvalue weighted by molar-refractivity contribution is -0.141. The largest absolute Gasteiger partial charge is 0.481 e. The molecular weight excluding hydrogens is 480 g/mol. The van der Waals surface area contributed by atoms with E-state index in [2.05, 4.69) is 26.6 Å². The lowest BCUT2D eigenvalue weighted by Gasteiger charge is -2.24. The second kappa shape index (κ2) is 15.9. The Kier molecular flexibility index (Phi) is 14.1. The van der Waals surface area contributed by atoms with Gasteiger partial charge in [0.05, 0.1) is 6.04 Å². The zero-order chi connectivity index (χ0) is 28.0. The Morgan fingerprint density at radius 2 is 1.28 bits per heavy atom. The number of hydrogen-bond donors (Lipinski definition) is 10. The molecule has 0 aliphatic carbocycles. The van der Waals surface area contributed by atoms with Crippen LogP contribution in [0.2, 0.25) is 0 Å². The standard InChI is InChI=1S/C20H36N8O8/c1-9(15(31)27-11(3)19(35)36)26-18(34)13(5-4-8-24-20(22)23)28-16(32)10(2)25-17(33)12(21)6-7-14(29)30/h9-13H,4-8,21H2,1-3H3,(H,25,33)(H,26,34)(H,27,31)(H,28,32)(H,29,30)(H,35,36)(H4,22,23,24)/t9-,10-,11-,12-,13-/m0/s1. The highest BCUT2D eigenvalue weighted by Crippen LogP contribution is 2.01. The van der Waals surface area contributed by atoms with Gasteiger partial charge in [0.2, 0.25) is 23.6 Å². The molecule has 16 heteroatoms. The molecule has 0 radical (unpaired) electrons. The first-order chi connectivity index (χ1) is 16.6. The minimum Gasteiger partial charge on any atom is -0.481 e. The smallest absolute Gasteiger partial charge is 0.325 e. The first kappa shape index (κ1) is 32.0. The van der Waals surface area contributed by atoms with Crippen LogP contribution in [-0.4, -0.2) is 88.5 Å². The molecule has 0 aromatic rings. The lowest BCUT2D eigenvalue weighted by atomic mass is 10.1. The third-order valence-electron chi connectivity index (χ3n) is 4.86. The predicted molar refractivity (Wildman–Crippen MR) is 126 cm³/mol. The highest BCUT2D eigenvalue weighted by molar-refractivity contribution is 5.95. The molecule has 0 aromatic heterocycles. The van der Waals surface area contributed by atoms with E-state index in [0.717, 1.165) is 0 Å². The van der Waals surface area contributed by atoms with Gasteiger partial charge in [-0.05, 0) is 40.0 Å². The predicted octanol–water partition coefficient (Wildman–Crippen LogP) is -3.47. The molecule has 36 heavy (non-hydrogen) atoms. The van der Waals surface area contributed by atoms with Gasteiger partial charge in [-0.3, -0.25) is 34.2 Å². The van der Waals surface area contributed by atoms with Gasteiger partial charge < -0.3 is 48.3 Å². The number of nitrogens with two attached hydrogens (primary N) is 2. The molecule has 0 unspecified atom stereocenters. The molecule has 12 N–H and O–H groups in total. The molecule has 0 saturated heterocycles. The minimum atomic E-state index is -1.26. The summed E-state index contributed by atoms with van der Waals surface area (Å²) < 4.78 is 0.